The molecule has 0 spiro atoms. The average molecular weight is 407 g/mol. The second-order valence-corrected chi connectivity index (χ2v) is 7.45. The fraction of sp³-hybridized carbons (Fsp3) is 0.190. The van der Waals surface area contributed by atoms with Gasteiger partial charge in [0.25, 0.3) is 0 Å². The van der Waals surface area contributed by atoms with Crippen molar-refractivity contribution in [3.05, 3.63) is 53.6 Å². The maximum Gasteiger partial charge on any atom is 0.225 e. The van der Waals surface area contributed by atoms with Crippen molar-refractivity contribution in [1.82, 2.24) is 19.7 Å². The van der Waals surface area contributed by atoms with Crippen molar-refractivity contribution >= 4 is 34.4 Å². The Labute approximate surface area is 172 Å². The maximum atomic E-state index is 6.51. The van der Waals surface area contributed by atoms with Gasteiger partial charge in [-0.1, -0.05) is 11.6 Å². The van der Waals surface area contributed by atoms with Crippen LogP contribution in [0.4, 0.5) is 11.8 Å². The molecule has 4 aromatic rings. The Balaban J connectivity index is 1.70. The molecule has 2 aromatic heterocycles. The van der Waals surface area contributed by atoms with Crippen molar-refractivity contribution in [2.24, 2.45) is 0 Å². The van der Waals surface area contributed by atoms with E-state index in [1.807, 2.05) is 36.4 Å². The quantitative estimate of drug-likeness (QED) is 0.513. The lowest BCUT2D eigenvalue weighted by Gasteiger charge is -2.08. The second kappa shape index (κ2) is 6.93. The summed E-state index contributed by atoms with van der Waals surface area (Å²) in [7, 11) is 1.64. The first-order valence-corrected chi connectivity index (χ1v) is 9.73. The number of rotatable bonds is 5. The van der Waals surface area contributed by atoms with E-state index in [0.717, 1.165) is 35.5 Å². The van der Waals surface area contributed by atoms with Crippen LogP contribution in [0.5, 0.6) is 5.75 Å². The van der Waals surface area contributed by atoms with Crippen LogP contribution in [0.15, 0.2) is 48.5 Å². The molecule has 5 rings (SSSR count). The van der Waals surface area contributed by atoms with E-state index >= 15 is 0 Å². The molecular formula is C21H19ClN6O. The molecule has 0 aliphatic heterocycles. The molecule has 0 radical (unpaired) electrons. The zero-order valence-corrected chi connectivity index (χ0v) is 16.5. The molecule has 0 unspecified atom stereocenters. The number of halogens is 1. The van der Waals surface area contributed by atoms with Crippen LogP contribution in [0, 0.1) is 0 Å². The van der Waals surface area contributed by atoms with E-state index in [4.69, 9.17) is 27.1 Å². The number of methoxy groups -OCH3 is 1. The van der Waals surface area contributed by atoms with Gasteiger partial charge in [0.1, 0.15) is 11.6 Å². The summed E-state index contributed by atoms with van der Waals surface area (Å²) in [5.74, 6) is 1.82. The number of anilines is 2. The Hall–Kier alpha value is -3.32. The minimum atomic E-state index is 0.423. The van der Waals surface area contributed by atoms with Gasteiger partial charge >= 0.3 is 0 Å². The molecule has 1 aliphatic carbocycles. The van der Waals surface area contributed by atoms with Crippen molar-refractivity contribution in [3.63, 3.8) is 0 Å². The highest BCUT2D eigenvalue weighted by molar-refractivity contribution is 6.30. The summed E-state index contributed by atoms with van der Waals surface area (Å²) in [6, 6.07) is 15.5. The number of hydrogen-bond donors (Lipinski definition) is 2. The van der Waals surface area contributed by atoms with Crippen molar-refractivity contribution in [2.45, 2.75) is 18.9 Å². The molecule has 1 saturated carbocycles. The lowest BCUT2D eigenvalue weighted by atomic mass is 10.1. The van der Waals surface area contributed by atoms with Gasteiger partial charge in [-0.3, -0.25) is 0 Å². The van der Waals surface area contributed by atoms with Gasteiger partial charge in [0.15, 0.2) is 5.65 Å². The smallest absolute Gasteiger partial charge is 0.225 e. The first-order chi connectivity index (χ1) is 14.1. The number of ether oxygens (including phenoxy) is 1. The maximum absolute atomic E-state index is 6.51. The van der Waals surface area contributed by atoms with Crippen LogP contribution in [0.3, 0.4) is 0 Å². The first kappa shape index (κ1) is 17.8. The molecule has 0 amide bonds. The Morgan fingerprint density at radius 1 is 1.07 bits per heavy atom. The van der Waals surface area contributed by atoms with Gasteiger partial charge in [-0.15, -0.1) is 5.10 Å². The van der Waals surface area contributed by atoms with Gasteiger partial charge in [0.2, 0.25) is 5.95 Å². The highest BCUT2D eigenvalue weighted by Crippen LogP contribution is 2.34. The Morgan fingerprint density at radius 2 is 1.79 bits per heavy atom. The fourth-order valence-electron chi connectivity index (χ4n) is 3.22. The van der Waals surface area contributed by atoms with E-state index in [2.05, 4.69) is 15.4 Å². The molecule has 3 N–H and O–H groups in total. The van der Waals surface area contributed by atoms with Gasteiger partial charge in [-0.05, 0) is 61.4 Å². The molecule has 0 saturated heterocycles. The van der Waals surface area contributed by atoms with E-state index in [1.54, 1.807) is 23.9 Å². The molecule has 29 heavy (non-hydrogen) atoms. The lowest BCUT2D eigenvalue weighted by molar-refractivity contribution is 0.415. The molecule has 0 bridgehead atoms. The largest absolute Gasteiger partial charge is 0.497 e. The second-order valence-electron chi connectivity index (χ2n) is 7.02. The number of fused-ring (bicyclic) bond motifs is 1. The van der Waals surface area contributed by atoms with Gasteiger partial charge in [0, 0.05) is 16.6 Å². The van der Waals surface area contributed by atoms with Crippen LogP contribution < -0.4 is 15.8 Å². The number of nitrogen functional groups attached to an aromatic ring is 1. The topological polar surface area (TPSA) is 90.9 Å². The Kier molecular flexibility index (Phi) is 4.24. The van der Waals surface area contributed by atoms with Crippen LogP contribution >= 0.6 is 11.6 Å². The van der Waals surface area contributed by atoms with Crippen molar-refractivity contribution in [3.8, 4) is 22.7 Å². The first-order valence-electron chi connectivity index (χ1n) is 9.35. The third-order valence-electron chi connectivity index (χ3n) is 4.91. The van der Waals surface area contributed by atoms with E-state index in [1.165, 1.54) is 0 Å². The van der Waals surface area contributed by atoms with Crippen LogP contribution in [-0.4, -0.2) is 32.9 Å². The molecule has 146 valence electrons. The molecule has 7 nitrogen and oxygen atoms in total. The van der Waals surface area contributed by atoms with E-state index in [-0.39, 0.29) is 0 Å². The minimum absolute atomic E-state index is 0.423. The molecular weight excluding hydrogens is 388 g/mol. The normalized spacial score (nSPS) is 13.6. The van der Waals surface area contributed by atoms with Gasteiger partial charge in [-0.2, -0.15) is 4.98 Å². The van der Waals surface area contributed by atoms with Crippen molar-refractivity contribution in [1.29, 1.82) is 0 Å². The summed E-state index contributed by atoms with van der Waals surface area (Å²) in [5, 5.41) is 9.38. The highest BCUT2D eigenvalue weighted by Gasteiger charge is 2.24. The number of hydrogen-bond acceptors (Lipinski definition) is 6. The lowest BCUT2D eigenvalue weighted by Crippen LogP contribution is -2.06. The van der Waals surface area contributed by atoms with Gasteiger partial charge in [0.05, 0.1) is 23.9 Å². The summed E-state index contributed by atoms with van der Waals surface area (Å²) in [5.41, 5.74) is 9.51. The highest BCUT2D eigenvalue weighted by atomic mass is 35.5. The molecule has 2 aromatic carbocycles. The average Bonchev–Trinajstić information content (AvgIpc) is 3.50. The molecule has 8 heteroatoms. The van der Waals surface area contributed by atoms with Gasteiger partial charge in [-0.25, -0.2) is 9.67 Å². The SMILES string of the molecule is COc1ccc(-c2nc(NC3CC3)nc3nn(-c4ccc(Cl)cc4)c(N)c23)cc1. The predicted molar refractivity (Wildman–Crippen MR) is 115 cm³/mol. The Bertz CT molecular complexity index is 1180. The standard InChI is InChI=1S/C21H19ClN6O/c1-29-16-10-2-12(3-11-16)18-17-19(23)28(15-8-4-13(22)5-9-15)27-20(17)26-21(25-18)24-14-6-7-14/h2-5,8-11,14H,6-7,23H2,1H3,(H,24,26,27). The minimum Gasteiger partial charge on any atom is -0.497 e. The van der Waals surface area contributed by atoms with Crippen molar-refractivity contribution < 1.29 is 4.74 Å². The van der Waals surface area contributed by atoms with E-state index < -0.39 is 0 Å². The fourth-order valence-corrected chi connectivity index (χ4v) is 3.35. The number of aromatic nitrogens is 4. The monoisotopic (exact) mass is 406 g/mol. The molecule has 0 atom stereocenters. The predicted octanol–water partition coefficient (Wildman–Crippen LogP) is 4.30. The third-order valence-corrected chi connectivity index (χ3v) is 5.17. The van der Waals surface area contributed by atoms with E-state index in [0.29, 0.717) is 33.9 Å². The van der Waals surface area contributed by atoms with E-state index in [9.17, 15) is 0 Å². The van der Waals surface area contributed by atoms with Crippen LogP contribution in [0.2, 0.25) is 5.02 Å². The summed E-state index contributed by atoms with van der Waals surface area (Å²) >= 11 is 6.02. The number of nitrogens with one attached hydrogen (secondary N) is 1. The zero-order chi connectivity index (χ0) is 20.0. The van der Waals surface area contributed by atoms with Crippen LogP contribution in [0.1, 0.15) is 12.8 Å². The number of nitrogens with two attached hydrogens (primary N) is 1. The number of nitrogens with zero attached hydrogens (tertiary/aromatic N) is 4. The Morgan fingerprint density at radius 3 is 2.45 bits per heavy atom. The number of benzene rings is 2. The van der Waals surface area contributed by atoms with Crippen molar-refractivity contribution in [2.75, 3.05) is 18.2 Å². The van der Waals surface area contributed by atoms with Crippen LogP contribution in [0.25, 0.3) is 28.0 Å². The molecule has 1 aliphatic rings. The summed E-state index contributed by atoms with van der Waals surface area (Å²) in [4.78, 5) is 9.39. The third kappa shape index (κ3) is 3.34. The van der Waals surface area contributed by atoms with Gasteiger partial charge < -0.3 is 15.8 Å². The zero-order valence-electron chi connectivity index (χ0n) is 15.8. The summed E-state index contributed by atoms with van der Waals surface area (Å²) in [6.45, 7) is 0. The van der Waals surface area contributed by atoms with Crippen LogP contribution in [-0.2, 0) is 0 Å². The summed E-state index contributed by atoms with van der Waals surface area (Å²) < 4.78 is 6.95. The summed E-state index contributed by atoms with van der Waals surface area (Å²) in [6.07, 6.45) is 2.25. The molecule has 2 heterocycles. The molecule has 1 fully saturated rings.